The lowest BCUT2D eigenvalue weighted by Crippen LogP contribution is -2.32. The molecular weight excluding hydrogens is 402 g/mol. The molecule has 0 radical (unpaired) electrons. The number of nitrogens with zero attached hydrogens (tertiary/aromatic N) is 2. The Morgan fingerprint density at radius 3 is 2.72 bits per heavy atom. The van der Waals surface area contributed by atoms with Gasteiger partial charge in [-0.05, 0) is 30.3 Å². The van der Waals surface area contributed by atoms with E-state index in [1.165, 1.54) is 0 Å². The summed E-state index contributed by atoms with van der Waals surface area (Å²) in [4.78, 5) is 13.5. The highest BCUT2D eigenvalue weighted by molar-refractivity contribution is 6.00. The van der Waals surface area contributed by atoms with Crippen LogP contribution in [0.2, 0.25) is 0 Å². The van der Waals surface area contributed by atoms with E-state index in [2.05, 4.69) is 5.32 Å². The van der Waals surface area contributed by atoms with Gasteiger partial charge in [0.05, 0.1) is 31.0 Å². The molecule has 1 amide bonds. The molecule has 2 heterocycles. The Morgan fingerprint density at radius 1 is 1.06 bits per heavy atom. The van der Waals surface area contributed by atoms with Crippen molar-refractivity contribution in [2.24, 2.45) is 0 Å². The van der Waals surface area contributed by atoms with Gasteiger partial charge < -0.3 is 14.8 Å². The van der Waals surface area contributed by atoms with Crippen LogP contribution in [0.5, 0.6) is 11.5 Å². The zero-order valence-corrected chi connectivity index (χ0v) is 17.7. The summed E-state index contributed by atoms with van der Waals surface area (Å²) in [6.45, 7) is 0.563. The van der Waals surface area contributed by atoms with Crippen LogP contribution in [0.25, 0.3) is 16.9 Å². The molecule has 1 unspecified atom stereocenters. The molecular formula is C26H23N3O3. The summed E-state index contributed by atoms with van der Waals surface area (Å²) in [7, 11) is 1.62. The Morgan fingerprint density at radius 2 is 1.88 bits per heavy atom. The maximum Gasteiger partial charge on any atom is 0.255 e. The molecule has 6 nitrogen and oxygen atoms in total. The molecule has 1 N–H and O–H groups in total. The van der Waals surface area contributed by atoms with Gasteiger partial charge in [0, 0.05) is 23.7 Å². The molecule has 1 aliphatic rings. The van der Waals surface area contributed by atoms with E-state index in [9.17, 15) is 4.79 Å². The molecule has 1 atom stereocenters. The standard InChI is InChI=1S/C26H23N3O3/c1-31-20-11-7-8-18(16-20)25-22(17-29(28-25)19-9-3-2-4-10-19)26(30)27-23-14-15-32-24-13-6-5-12-21(23)24/h2-13,16-17,23H,14-15H2,1H3,(H,27,30). The van der Waals surface area contributed by atoms with Gasteiger partial charge in [-0.25, -0.2) is 4.68 Å². The maximum absolute atomic E-state index is 13.5. The molecule has 4 aromatic rings. The average Bonchev–Trinajstić information content (AvgIpc) is 3.31. The first kappa shape index (κ1) is 19.9. The molecule has 1 aliphatic heterocycles. The van der Waals surface area contributed by atoms with E-state index in [1.54, 1.807) is 18.0 Å². The molecule has 5 rings (SSSR count). The van der Waals surface area contributed by atoms with Crippen molar-refractivity contribution >= 4 is 5.91 Å². The SMILES string of the molecule is COc1cccc(-c2nn(-c3ccccc3)cc2C(=O)NC2CCOc3ccccc32)c1. The lowest BCUT2D eigenvalue weighted by Gasteiger charge is -2.26. The van der Waals surface area contributed by atoms with E-state index < -0.39 is 0 Å². The van der Waals surface area contributed by atoms with Crippen LogP contribution in [0.15, 0.2) is 85.1 Å². The third-order valence-electron chi connectivity index (χ3n) is 5.59. The van der Waals surface area contributed by atoms with Crippen molar-refractivity contribution in [1.29, 1.82) is 0 Å². The minimum Gasteiger partial charge on any atom is -0.497 e. The van der Waals surface area contributed by atoms with Gasteiger partial charge in [0.25, 0.3) is 5.91 Å². The largest absolute Gasteiger partial charge is 0.497 e. The van der Waals surface area contributed by atoms with E-state index in [0.717, 1.165) is 22.6 Å². The van der Waals surface area contributed by atoms with Crippen molar-refractivity contribution in [3.8, 4) is 28.4 Å². The van der Waals surface area contributed by atoms with Crippen LogP contribution in [0.3, 0.4) is 0 Å². The number of hydrogen-bond acceptors (Lipinski definition) is 4. The molecule has 6 heteroatoms. The number of hydrogen-bond donors (Lipinski definition) is 1. The Bertz CT molecular complexity index is 1250. The van der Waals surface area contributed by atoms with Gasteiger partial charge in [0.15, 0.2) is 0 Å². The highest BCUT2D eigenvalue weighted by Gasteiger charge is 2.26. The lowest BCUT2D eigenvalue weighted by molar-refractivity contribution is 0.0925. The van der Waals surface area contributed by atoms with Crippen LogP contribution < -0.4 is 14.8 Å². The first-order valence-electron chi connectivity index (χ1n) is 10.5. The number of carbonyl (C=O) groups excluding carboxylic acids is 1. The summed E-state index contributed by atoms with van der Waals surface area (Å²) in [5.74, 6) is 1.35. The number of para-hydroxylation sites is 2. The number of rotatable bonds is 5. The predicted octanol–water partition coefficient (Wildman–Crippen LogP) is 4.80. The zero-order chi connectivity index (χ0) is 21.9. The Kier molecular flexibility index (Phi) is 5.34. The fraction of sp³-hybridized carbons (Fsp3) is 0.154. The Labute approximate surface area is 186 Å². The molecule has 0 spiro atoms. The number of fused-ring (bicyclic) bond motifs is 1. The van der Waals surface area contributed by atoms with E-state index in [-0.39, 0.29) is 11.9 Å². The number of amides is 1. The van der Waals surface area contributed by atoms with E-state index in [0.29, 0.717) is 30.0 Å². The molecule has 160 valence electrons. The topological polar surface area (TPSA) is 65.4 Å². The second-order valence-electron chi connectivity index (χ2n) is 7.60. The van der Waals surface area contributed by atoms with Crippen LogP contribution in [-0.2, 0) is 0 Å². The highest BCUT2D eigenvalue weighted by Crippen LogP contribution is 2.33. The number of methoxy groups -OCH3 is 1. The summed E-state index contributed by atoms with van der Waals surface area (Å²) >= 11 is 0. The highest BCUT2D eigenvalue weighted by atomic mass is 16.5. The number of carbonyl (C=O) groups is 1. The van der Waals surface area contributed by atoms with E-state index in [4.69, 9.17) is 14.6 Å². The zero-order valence-electron chi connectivity index (χ0n) is 17.7. The normalized spacial score (nSPS) is 14.8. The molecule has 0 bridgehead atoms. The van der Waals surface area contributed by atoms with Crippen molar-refractivity contribution < 1.29 is 14.3 Å². The molecule has 1 aromatic heterocycles. The van der Waals surface area contributed by atoms with Crippen molar-refractivity contribution in [1.82, 2.24) is 15.1 Å². The van der Waals surface area contributed by atoms with Crippen LogP contribution in [0.1, 0.15) is 28.4 Å². The quantitative estimate of drug-likeness (QED) is 0.499. The van der Waals surface area contributed by atoms with Gasteiger partial charge in [-0.15, -0.1) is 0 Å². The van der Waals surface area contributed by atoms with Gasteiger partial charge in [0.2, 0.25) is 0 Å². The number of nitrogens with one attached hydrogen (secondary N) is 1. The van der Waals surface area contributed by atoms with Crippen LogP contribution in [0, 0.1) is 0 Å². The molecule has 32 heavy (non-hydrogen) atoms. The van der Waals surface area contributed by atoms with Crippen molar-refractivity contribution in [3.63, 3.8) is 0 Å². The summed E-state index contributed by atoms with van der Waals surface area (Å²) in [5.41, 5.74) is 3.80. The van der Waals surface area contributed by atoms with Gasteiger partial charge in [-0.2, -0.15) is 5.10 Å². The van der Waals surface area contributed by atoms with Crippen LogP contribution >= 0.6 is 0 Å². The molecule has 0 aliphatic carbocycles. The average molecular weight is 425 g/mol. The van der Waals surface area contributed by atoms with Crippen LogP contribution in [0.4, 0.5) is 0 Å². The molecule has 0 saturated heterocycles. The second-order valence-corrected chi connectivity index (χ2v) is 7.60. The Hall–Kier alpha value is -4.06. The van der Waals surface area contributed by atoms with E-state index >= 15 is 0 Å². The molecule has 0 saturated carbocycles. The fourth-order valence-electron chi connectivity index (χ4n) is 3.96. The van der Waals surface area contributed by atoms with Gasteiger partial charge >= 0.3 is 0 Å². The van der Waals surface area contributed by atoms with Crippen molar-refractivity contribution in [2.45, 2.75) is 12.5 Å². The summed E-state index contributed by atoms with van der Waals surface area (Å²) in [6, 6.07) is 25.0. The summed E-state index contributed by atoms with van der Waals surface area (Å²) < 4.78 is 12.9. The maximum atomic E-state index is 13.5. The van der Waals surface area contributed by atoms with Gasteiger partial charge in [0.1, 0.15) is 17.2 Å². The van der Waals surface area contributed by atoms with Gasteiger partial charge in [-0.3, -0.25) is 4.79 Å². The van der Waals surface area contributed by atoms with Crippen molar-refractivity contribution in [2.75, 3.05) is 13.7 Å². The monoisotopic (exact) mass is 425 g/mol. The first-order chi connectivity index (χ1) is 15.7. The number of aromatic nitrogens is 2. The van der Waals surface area contributed by atoms with Gasteiger partial charge in [-0.1, -0.05) is 48.5 Å². The van der Waals surface area contributed by atoms with E-state index in [1.807, 2.05) is 78.9 Å². The fourth-order valence-corrected chi connectivity index (χ4v) is 3.96. The first-order valence-corrected chi connectivity index (χ1v) is 10.5. The minimum atomic E-state index is -0.174. The third kappa shape index (κ3) is 3.83. The number of ether oxygens (including phenoxy) is 2. The lowest BCUT2D eigenvalue weighted by atomic mass is 10.00. The summed E-state index contributed by atoms with van der Waals surface area (Å²) in [5, 5.41) is 7.95. The number of benzene rings is 3. The molecule has 0 fully saturated rings. The smallest absolute Gasteiger partial charge is 0.255 e. The predicted molar refractivity (Wildman–Crippen MR) is 122 cm³/mol. The molecule has 3 aromatic carbocycles. The summed E-state index contributed by atoms with van der Waals surface area (Å²) in [6.07, 6.45) is 2.49. The third-order valence-corrected chi connectivity index (χ3v) is 5.59. The van der Waals surface area contributed by atoms with Crippen LogP contribution in [-0.4, -0.2) is 29.4 Å². The second kappa shape index (κ2) is 8.59. The van der Waals surface area contributed by atoms with Crippen molar-refractivity contribution in [3.05, 3.63) is 96.2 Å². The Balaban J connectivity index is 1.53. The minimum absolute atomic E-state index is 0.120.